The normalized spacial score (nSPS) is 15.6. The highest BCUT2D eigenvalue weighted by Crippen LogP contribution is 2.42. The van der Waals surface area contributed by atoms with Gasteiger partial charge in [0.2, 0.25) is 5.91 Å². The minimum absolute atomic E-state index is 0.0785. The SMILES string of the molecule is O=C(CSc1ccc2c3c(cccc13)C(=O)c1ccccc1-2)NC1CCCC1. The van der Waals surface area contributed by atoms with Crippen molar-refractivity contribution in [3.05, 3.63) is 65.7 Å². The van der Waals surface area contributed by atoms with Gasteiger partial charge in [0.15, 0.2) is 5.78 Å². The summed E-state index contributed by atoms with van der Waals surface area (Å²) in [6, 6.07) is 18.2. The molecule has 1 amide bonds. The van der Waals surface area contributed by atoms with Crippen LogP contribution in [-0.2, 0) is 4.79 Å². The first kappa shape index (κ1) is 17.5. The van der Waals surface area contributed by atoms with Crippen molar-refractivity contribution in [3.8, 4) is 11.1 Å². The lowest BCUT2D eigenvalue weighted by Gasteiger charge is -2.21. The van der Waals surface area contributed by atoms with Crippen LogP contribution in [0, 0.1) is 0 Å². The lowest BCUT2D eigenvalue weighted by molar-refractivity contribution is -0.119. The Kier molecular flexibility index (Phi) is 4.44. The van der Waals surface area contributed by atoms with Crippen molar-refractivity contribution in [1.29, 1.82) is 0 Å². The van der Waals surface area contributed by atoms with E-state index < -0.39 is 0 Å². The van der Waals surface area contributed by atoms with Crippen LogP contribution < -0.4 is 5.32 Å². The lowest BCUT2D eigenvalue weighted by atomic mass is 9.83. The Balaban J connectivity index is 1.49. The molecule has 0 spiro atoms. The molecular formula is C24H21NO2S. The van der Waals surface area contributed by atoms with Gasteiger partial charge >= 0.3 is 0 Å². The number of carbonyl (C=O) groups excluding carboxylic acids is 2. The van der Waals surface area contributed by atoms with Crippen LogP contribution in [-0.4, -0.2) is 23.5 Å². The number of amides is 1. The van der Waals surface area contributed by atoms with Crippen LogP contribution in [0.3, 0.4) is 0 Å². The molecule has 3 aromatic rings. The smallest absolute Gasteiger partial charge is 0.230 e. The van der Waals surface area contributed by atoms with Crippen molar-refractivity contribution >= 4 is 34.2 Å². The predicted octanol–water partition coefficient (Wildman–Crippen LogP) is 5.20. The maximum atomic E-state index is 13.0. The fourth-order valence-corrected chi connectivity index (χ4v) is 5.32. The van der Waals surface area contributed by atoms with Gasteiger partial charge in [-0.05, 0) is 35.4 Å². The second-order valence-electron chi connectivity index (χ2n) is 7.55. The Morgan fingerprint density at radius 1 is 0.893 bits per heavy atom. The van der Waals surface area contributed by atoms with E-state index in [1.807, 2.05) is 36.4 Å². The van der Waals surface area contributed by atoms with Crippen LogP contribution in [0.4, 0.5) is 0 Å². The fourth-order valence-electron chi connectivity index (χ4n) is 4.46. The Labute approximate surface area is 168 Å². The zero-order chi connectivity index (χ0) is 19.1. The van der Waals surface area contributed by atoms with Gasteiger partial charge in [-0.2, -0.15) is 0 Å². The standard InChI is InChI=1S/C24H21NO2S/c26-22(25-15-6-1-2-7-15)14-28-21-13-12-17-16-8-3-4-9-18(16)24(27)20-11-5-10-19(21)23(17)20/h3-5,8-13,15H,1-2,6-7,14H2,(H,25,26). The van der Waals surface area contributed by atoms with Gasteiger partial charge in [-0.3, -0.25) is 9.59 Å². The molecule has 4 heteroatoms. The molecule has 0 unspecified atom stereocenters. The molecule has 1 fully saturated rings. The van der Waals surface area contributed by atoms with Gasteiger partial charge in [0.25, 0.3) is 0 Å². The average Bonchev–Trinajstić information content (AvgIpc) is 3.23. The molecule has 2 aliphatic rings. The molecule has 0 radical (unpaired) electrons. The molecule has 0 bridgehead atoms. The van der Waals surface area contributed by atoms with Crippen LogP contribution in [0.2, 0.25) is 0 Å². The third kappa shape index (κ3) is 2.92. The minimum Gasteiger partial charge on any atom is -0.353 e. The largest absolute Gasteiger partial charge is 0.353 e. The van der Waals surface area contributed by atoms with E-state index in [0.29, 0.717) is 11.8 Å². The second kappa shape index (κ2) is 7.10. The van der Waals surface area contributed by atoms with Crippen LogP contribution in [0.15, 0.2) is 59.5 Å². The zero-order valence-electron chi connectivity index (χ0n) is 15.5. The highest BCUT2D eigenvalue weighted by molar-refractivity contribution is 8.00. The first-order valence-corrected chi connectivity index (χ1v) is 10.8. The first-order chi connectivity index (χ1) is 13.7. The third-order valence-electron chi connectivity index (χ3n) is 5.79. The molecular weight excluding hydrogens is 366 g/mol. The molecule has 0 heterocycles. The molecule has 0 saturated heterocycles. The fraction of sp³-hybridized carbons (Fsp3) is 0.250. The monoisotopic (exact) mass is 387 g/mol. The third-order valence-corrected chi connectivity index (χ3v) is 6.86. The summed E-state index contributed by atoms with van der Waals surface area (Å²) in [5.74, 6) is 0.577. The molecule has 0 aromatic heterocycles. The molecule has 140 valence electrons. The predicted molar refractivity (Wildman–Crippen MR) is 114 cm³/mol. The maximum absolute atomic E-state index is 13.0. The summed E-state index contributed by atoms with van der Waals surface area (Å²) in [7, 11) is 0. The molecule has 1 N–H and O–H groups in total. The average molecular weight is 388 g/mol. The summed E-state index contributed by atoms with van der Waals surface area (Å²) >= 11 is 1.55. The number of ketones is 1. The van der Waals surface area contributed by atoms with E-state index in [4.69, 9.17) is 0 Å². The number of hydrogen-bond donors (Lipinski definition) is 1. The molecule has 5 rings (SSSR count). The summed E-state index contributed by atoms with van der Waals surface area (Å²) in [6.45, 7) is 0. The maximum Gasteiger partial charge on any atom is 0.230 e. The molecule has 0 aliphatic heterocycles. The van der Waals surface area contributed by atoms with Crippen LogP contribution in [0.25, 0.3) is 21.9 Å². The highest BCUT2D eigenvalue weighted by atomic mass is 32.2. The Hall–Kier alpha value is -2.59. The summed E-state index contributed by atoms with van der Waals surface area (Å²) in [4.78, 5) is 26.4. The second-order valence-corrected chi connectivity index (χ2v) is 8.57. The minimum atomic E-state index is 0.0785. The van der Waals surface area contributed by atoms with E-state index >= 15 is 0 Å². The summed E-state index contributed by atoms with van der Waals surface area (Å²) in [5.41, 5.74) is 3.61. The van der Waals surface area contributed by atoms with Crippen molar-refractivity contribution < 1.29 is 9.59 Å². The Bertz CT molecular complexity index is 1100. The molecule has 1 saturated carbocycles. The number of hydrogen-bond acceptors (Lipinski definition) is 3. The number of carbonyl (C=O) groups is 2. The van der Waals surface area contributed by atoms with Gasteiger partial charge in [0, 0.05) is 27.5 Å². The molecule has 3 nitrogen and oxygen atoms in total. The molecule has 0 atom stereocenters. The Morgan fingerprint density at radius 2 is 1.64 bits per heavy atom. The van der Waals surface area contributed by atoms with Gasteiger partial charge in [0.05, 0.1) is 5.75 Å². The van der Waals surface area contributed by atoms with Gasteiger partial charge in [-0.15, -0.1) is 11.8 Å². The zero-order valence-corrected chi connectivity index (χ0v) is 16.4. The van der Waals surface area contributed by atoms with E-state index in [-0.39, 0.29) is 11.7 Å². The van der Waals surface area contributed by atoms with Gasteiger partial charge in [-0.1, -0.05) is 61.4 Å². The number of benzene rings is 3. The van der Waals surface area contributed by atoms with Crippen molar-refractivity contribution in [2.75, 3.05) is 5.75 Å². The van der Waals surface area contributed by atoms with Crippen molar-refractivity contribution in [2.45, 2.75) is 36.6 Å². The summed E-state index contributed by atoms with van der Waals surface area (Å²) < 4.78 is 0. The highest BCUT2D eigenvalue weighted by Gasteiger charge is 2.25. The molecule has 3 aromatic carbocycles. The van der Waals surface area contributed by atoms with Crippen molar-refractivity contribution in [2.24, 2.45) is 0 Å². The Morgan fingerprint density at radius 3 is 2.46 bits per heavy atom. The lowest BCUT2D eigenvalue weighted by Crippen LogP contribution is -2.33. The van der Waals surface area contributed by atoms with Crippen LogP contribution >= 0.6 is 11.8 Å². The topological polar surface area (TPSA) is 46.2 Å². The van der Waals surface area contributed by atoms with Crippen molar-refractivity contribution in [3.63, 3.8) is 0 Å². The number of thioether (sulfide) groups is 1. The van der Waals surface area contributed by atoms with Gasteiger partial charge < -0.3 is 5.32 Å². The molecule has 2 aliphatic carbocycles. The van der Waals surface area contributed by atoms with Crippen LogP contribution in [0.1, 0.15) is 41.6 Å². The summed E-state index contributed by atoms with van der Waals surface area (Å²) in [5, 5.41) is 5.21. The summed E-state index contributed by atoms with van der Waals surface area (Å²) in [6.07, 6.45) is 4.61. The van der Waals surface area contributed by atoms with E-state index in [9.17, 15) is 9.59 Å². The number of nitrogens with one attached hydrogen (secondary N) is 1. The number of rotatable bonds is 4. The van der Waals surface area contributed by atoms with E-state index in [1.165, 1.54) is 12.8 Å². The van der Waals surface area contributed by atoms with E-state index in [0.717, 1.165) is 50.8 Å². The number of fused-ring (bicyclic) bond motifs is 2. The first-order valence-electron chi connectivity index (χ1n) is 9.84. The van der Waals surface area contributed by atoms with Gasteiger partial charge in [0.1, 0.15) is 0 Å². The quantitative estimate of drug-likeness (QED) is 0.490. The van der Waals surface area contributed by atoms with E-state index in [2.05, 4.69) is 23.5 Å². The van der Waals surface area contributed by atoms with Crippen molar-refractivity contribution in [1.82, 2.24) is 5.32 Å². The van der Waals surface area contributed by atoms with Gasteiger partial charge in [-0.25, -0.2) is 0 Å². The molecule has 28 heavy (non-hydrogen) atoms. The van der Waals surface area contributed by atoms with E-state index in [1.54, 1.807) is 11.8 Å². The van der Waals surface area contributed by atoms with Crippen LogP contribution in [0.5, 0.6) is 0 Å².